The Morgan fingerprint density at radius 1 is 1.50 bits per heavy atom. The van der Waals surface area contributed by atoms with Crippen LogP contribution in [-0.2, 0) is 0 Å². The molecule has 1 rings (SSSR count). The van der Waals surface area contributed by atoms with Crippen molar-refractivity contribution in [1.29, 1.82) is 0 Å². The summed E-state index contributed by atoms with van der Waals surface area (Å²) < 4.78 is 0. The van der Waals surface area contributed by atoms with Gasteiger partial charge in [0, 0.05) is 18.6 Å². The Labute approximate surface area is 87.3 Å². The SMILES string of the molecule is CC(C)NCC(C)(O)C1CCCCN1. The Morgan fingerprint density at radius 2 is 2.21 bits per heavy atom. The van der Waals surface area contributed by atoms with Gasteiger partial charge < -0.3 is 15.7 Å². The summed E-state index contributed by atoms with van der Waals surface area (Å²) in [5.41, 5.74) is -0.620. The Balaban J connectivity index is 2.37. The van der Waals surface area contributed by atoms with E-state index in [1.807, 2.05) is 6.92 Å². The average molecular weight is 200 g/mol. The largest absolute Gasteiger partial charge is 0.387 e. The first-order valence-electron chi connectivity index (χ1n) is 5.71. The van der Waals surface area contributed by atoms with Crippen LogP contribution in [0, 0.1) is 0 Å². The first-order valence-corrected chi connectivity index (χ1v) is 5.71. The molecule has 2 unspecified atom stereocenters. The highest BCUT2D eigenvalue weighted by molar-refractivity contribution is 4.91. The molecule has 0 spiro atoms. The van der Waals surface area contributed by atoms with E-state index >= 15 is 0 Å². The van der Waals surface area contributed by atoms with Crippen molar-refractivity contribution in [1.82, 2.24) is 10.6 Å². The third-order valence-corrected chi connectivity index (χ3v) is 2.93. The highest BCUT2D eigenvalue weighted by atomic mass is 16.3. The Bertz CT molecular complexity index is 163. The zero-order valence-electron chi connectivity index (χ0n) is 9.64. The second kappa shape index (κ2) is 5.10. The number of hydrogen-bond donors (Lipinski definition) is 3. The van der Waals surface area contributed by atoms with E-state index in [1.54, 1.807) is 0 Å². The number of nitrogens with one attached hydrogen (secondary N) is 2. The molecule has 1 saturated heterocycles. The summed E-state index contributed by atoms with van der Waals surface area (Å²) in [6.45, 7) is 7.84. The summed E-state index contributed by atoms with van der Waals surface area (Å²) in [5.74, 6) is 0. The topological polar surface area (TPSA) is 44.3 Å². The molecule has 0 aromatic rings. The van der Waals surface area contributed by atoms with E-state index < -0.39 is 5.60 Å². The highest BCUT2D eigenvalue weighted by Crippen LogP contribution is 2.18. The van der Waals surface area contributed by atoms with E-state index in [-0.39, 0.29) is 6.04 Å². The lowest BCUT2D eigenvalue weighted by molar-refractivity contribution is 0.00925. The summed E-state index contributed by atoms with van der Waals surface area (Å²) in [7, 11) is 0. The highest BCUT2D eigenvalue weighted by Gasteiger charge is 2.32. The maximum absolute atomic E-state index is 10.3. The van der Waals surface area contributed by atoms with Crippen molar-refractivity contribution >= 4 is 0 Å². The van der Waals surface area contributed by atoms with Gasteiger partial charge in [-0.05, 0) is 26.3 Å². The lowest BCUT2D eigenvalue weighted by Crippen LogP contribution is -2.56. The maximum atomic E-state index is 10.3. The minimum Gasteiger partial charge on any atom is -0.387 e. The molecule has 1 heterocycles. The Morgan fingerprint density at radius 3 is 2.71 bits per heavy atom. The molecule has 0 aliphatic carbocycles. The van der Waals surface area contributed by atoms with Crippen LogP contribution in [0.2, 0.25) is 0 Å². The van der Waals surface area contributed by atoms with Gasteiger partial charge >= 0.3 is 0 Å². The smallest absolute Gasteiger partial charge is 0.0895 e. The van der Waals surface area contributed by atoms with Gasteiger partial charge in [0.25, 0.3) is 0 Å². The molecule has 0 amide bonds. The molecule has 3 N–H and O–H groups in total. The molecular formula is C11H24N2O. The molecule has 1 aliphatic rings. The van der Waals surface area contributed by atoms with E-state index in [9.17, 15) is 5.11 Å². The van der Waals surface area contributed by atoms with Crippen molar-refractivity contribution in [3.8, 4) is 0 Å². The van der Waals surface area contributed by atoms with Gasteiger partial charge in [-0.25, -0.2) is 0 Å². The number of aliphatic hydroxyl groups is 1. The fraction of sp³-hybridized carbons (Fsp3) is 1.00. The van der Waals surface area contributed by atoms with Crippen molar-refractivity contribution in [2.75, 3.05) is 13.1 Å². The lowest BCUT2D eigenvalue weighted by atomic mass is 9.89. The van der Waals surface area contributed by atoms with Gasteiger partial charge in [0.2, 0.25) is 0 Å². The standard InChI is InChI=1S/C11H24N2O/c1-9(2)13-8-11(3,14)10-6-4-5-7-12-10/h9-10,12-14H,4-8H2,1-3H3. The molecule has 3 nitrogen and oxygen atoms in total. The summed E-state index contributed by atoms with van der Waals surface area (Å²) in [6.07, 6.45) is 3.56. The van der Waals surface area contributed by atoms with Crippen LogP contribution in [0.15, 0.2) is 0 Å². The minimum atomic E-state index is -0.620. The summed E-state index contributed by atoms with van der Waals surface area (Å²) in [5, 5.41) is 16.9. The van der Waals surface area contributed by atoms with E-state index in [0.29, 0.717) is 12.6 Å². The van der Waals surface area contributed by atoms with Crippen molar-refractivity contribution in [3.63, 3.8) is 0 Å². The Hall–Kier alpha value is -0.120. The van der Waals surface area contributed by atoms with Crippen LogP contribution in [-0.4, -0.2) is 35.9 Å². The molecule has 84 valence electrons. The maximum Gasteiger partial charge on any atom is 0.0895 e. The first-order chi connectivity index (χ1) is 6.52. The molecule has 2 atom stereocenters. The zero-order valence-corrected chi connectivity index (χ0v) is 9.64. The molecule has 0 saturated carbocycles. The van der Waals surface area contributed by atoms with Crippen LogP contribution in [0.1, 0.15) is 40.0 Å². The van der Waals surface area contributed by atoms with Gasteiger partial charge in [-0.1, -0.05) is 20.3 Å². The summed E-state index contributed by atoms with van der Waals surface area (Å²) >= 11 is 0. The van der Waals surface area contributed by atoms with Gasteiger partial charge in [-0.15, -0.1) is 0 Å². The first kappa shape index (κ1) is 12.0. The molecule has 3 heteroatoms. The summed E-state index contributed by atoms with van der Waals surface area (Å²) in [6, 6.07) is 0.688. The quantitative estimate of drug-likeness (QED) is 0.631. The second-order valence-electron chi connectivity index (χ2n) is 4.90. The third kappa shape index (κ3) is 3.56. The lowest BCUT2D eigenvalue weighted by Gasteiger charge is -2.37. The van der Waals surface area contributed by atoms with Crippen LogP contribution >= 0.6 is 0 Å². The molecular weight excluding hydrogens is 176 g/mol. The molecule has 0 aromatic carbocycles. The van der Waals surface area contributed by atoms with Crippen molar-refractivity contribution in [3.05, 3.63) is 0 Å². The number of hydrogen-bond acceptors (Lipinski definition) is 3. The van der Waals surface area contributed by atoms with Crippen molar-refractivity contribution < 1.29 is 5.11 Å². The van der Waals surface area contributed by atoms with Gasteiger partial charge in [-0.2, -0.15) is 0 Å². The minimum absolute atomic E-state index is 0.252. The van der Waals surface area contributed by atoms with E-state index in [1.165, 1.54) is 12.8 Å². The van der Waals surface area contributed by atoms with Crippen LogP contribution in [0.3, 0.4) is 0 Å². The average Bonchev–Trinajstić information content (AvgIpc) is 2.16. The molecule has 0 aromatic heterocycles. The molecule has 1 aliphatic heterocycles. The van der Waals surface area contributed by atoms with E-state index in [2.05, 4.69) is 24.5 Å². The van der Waals surface area contributed by atoms with Crippen LogP contribution in [0.25, 0.3) is 0 Å². The van der Waals surface area contributed by atoms with Gasteiger partial charge in [0.1, 0.15) is 0 Å². The number of piperidine rings is 1. The van der Waals surface area contributed by atoms with Gasteiger partial charge in [-0.3, -0.25) is 0 Å². The van der Waals surface area contributed by atoms with Crippen LogP contribution in [0.4, 0.5) is 0 Å². The molecule has 1 fully saturated rings. The Kier molecular flexibility index (Phi) is 4.35. The zero-order chi connectivity index (χ0) is 10.6. The fourth-order valence-corrected chi connectivity index (χ4v) is 1.92. The predicted octanol–water partition coefficient (Wildman–Crippen LogP) is 0.877. The predicted molar refractivity (Wildman–Crippen MR) is 59.4 cm³/mol. The van der Waals surface area contributed by atoms with Gasteiger partial charge in [0.15, 0.2) is 0 Å². The van der Waals surface area contributed by atoms with Crippen molar-refractivity contribution in [2.45, 2.75) is 57.7 Å². The summed E-state index contributed by atoms with van der Waals surface area (Å²) in [4.78, 5) is 0. The normalized spacial score (nSPS) is 27.6. The molecule has 0 bridgehead atoms. The fourth-order valence-electron chi connectivity index (χ4n) is 1.92. The second-order valence-corrected chi connectivity index (χ2v) is 4.90. The van der Waals surface area contributed by atoms with E-state index in [0.717, 1.165) is 13.0 Å². The van der Waals surface area contributed by atoms with Crippen LogP contribution in [0.5, 0.6) is 0 Å². The number of rotatable bonds is 4. The molecule has 0 radical (unpaired) electrons. The van der Waals surface area contributed by atoms with Gasteiger partial charge in [0.05, 0.1) is 5.60 Å². The third-order valence-electron chi connectivity index (χ3n) is 2.93. The van der Waals surface area contributed by atoms with E-state index in [4.69, 9.17) is 0 Å². The molecule has 14 heavy (non-hydrogen) atoms. The van der Waals surface area contributed by atoms with Crippen molar-refractivity contribution in [2.24, 2.45) is 0 Å². The van der Waals surface area contributed by atoms with Crippen LogP contribution < -0.4 is 10.6 Å². The monoisotopic (exact) mass is 200 g/mol.